The summed E-state index contributed by atoms with van der Waals surface area (Å²) < 4.78 is 0. The van der Waals surface area contributed by atoms with Crippen molar-refractivity contribution in [2.45, 2.75) is 17.7 Å². The van der Waals surface area contributed by atoms with Crippen LogP contribution in [0, 0.1) is 0 Å². The van der Waals surface area contributed by atoms with E-state index in [2.05, 4.69) is 0 Å². The molecule has 0 amide bonds. The van der Waals surface area contributed by atoms with Crippen LogP contribution in [0.2, 0.25) is 5.02 Å². The number of aldehydes is 1. The lowest BCUT2D eigenvalue weighted by Crippen LogP contribution is -1.88. The van der Waals surface area contributed by atoms with Gasteiger partial charge in [-0.3, -0.25) is 0 Å². The van der Waals surface area contributed by atoms with E-state index in [1.54, 1.807) is 11.8 Å². The molecule has 0 spiro atoms. The van der Waals surface area contributed by atoms with Gasteiger partial charge < -0.3 is 4.79 Å². The van der Waals surface area contributed by atoms with Crippen LogP contribution in [0.15, 0.2) is 23.1 Å². The molecule has 0 fully saturated rings. The maximum Gasteiger partial charge on any atom is 0.120 e. The molecule has 1 nitrogen and oxygen atoms in total. The van der Waals surface area contributed by atoms with Crippen LogP contribution in [0.25, 0.3) is 0 Å². The highest BCUT2D eigenvalue weighted by Crippen LogP contribution is 2.23. The molecule has 0 heterocycles. The van der Waals surface area contributed by atoms with E-state index >= 15 is 0 Å². The summed E-state index contributed by atoms with van der Waals surface area (Å²) in [5, 5.41) is 0.750. The number of hydrogen-bond donors (Lipinski definition) is 0. The van der Waals surface area contributed by atoms with Gasteiger partial charge in [-0.2, -0.15) is 0 Å². The quantitative estimate of drug-likeness (QED) is 0.566. The zero-order valence-corrected chi connectivity index (χ0v) is 8.99. The highest BCUT2D eigenvalue weighted by Gasteiger charge is 2.00. The number of halogens is 1. The molecule has 1 aromatic carbocycles. The van der Waals surface area contributed by atoms with Crippen LogP contribution in [0.4, 0.5) is 0 Å². The average molecular weight is 215 g/mol. The summed E-state index contributed by atoms with van der Waals surface area (Å²) in [4.78, 5) is 11.4. The van der Waals surface area contributed by atoms with E-state index in [-0.39, 0.29) is 0 Å². The topological polar surface area (TPSA) is 17.1 Å². The second kappa shape index (κ2) is 5.30. The molecule has 0 aromatic heterocycles. The van der Waals surface area contributed by atoms with Gasteiger partial charge in [0, 0.05) is 16.3 Å². The summed E-state index contributed by atoms with van der Waals surface area (Å²) in [5.74, 6) is 0. The molecule has 1 rings (SSSR count). The third kappa shape index (κ3) is 3.05. The van der Waals surface area contributed by atoms with Crippen molar-refractivity contribution in [2.24, 2.45) is 0 Å². The predicted molar refractivity (Wildman–Crippen MR) is 57.6 cm³/mol. The van der Waals surface area contributed by atoms with Crippen molar-refractivity contribution in [3.8, 4) is 0 Å². The van der Waals surface area contributed by atoms with E-state index in [0.717, 1.165) is 23.3 Å². The SMILES string of the molecule is CSc1ccc(Cl)c(CCC=O)c1. The molecular weight excluding hydrogens is 204 g/mol. The van der Waals surface area contributed by atoms with E-state index in [1.807, 2.05) is 24.5 Å². The number of hydrogen-bond acceptors (Lipinski definition) is 2. The largest absolute Gasteiger partial charge is 0.303 e. The van der Waals surface area contributed by atoms with E-state index < -0.39 is 0 Å². The Morgan fingerprint density at radius 2 is 2.31 bits per heavy atom. The third-order valence-electron chi connectivity index (χ3n) is 1.78. The molecule has 0 saturated carbocycles. The molecule has 1 aromatic rings. The molecule has 0 atom stereocenters. The first-order valence-corrected chi connectivity index (χ1v) is 5.64. The van der Waals surface area contributed by atoms with Gasteiger partial charge in [0.2, 0.25) is 0 Å². The van der Waals surface area contributed by atoms with E-state index in [4.69, 9.17) is 11.6 Å². The summed E-state index contributed by atoms with van der Waals surface area (Å²) >= 11 is 7.64. The van der Waals surface area contributed by atoms with Crippen LogP contribution in [-0.4, -0.2) is 12.5 Å². The Morgan fingerprint density at radius 3 is 2.92 bits per heavy atom. The minimum Gasteiger partial charge on any atom is -0.303 e. The zero-order valence-electron chi connectivity index (χ0n) is 7.42. The predicted octanol–water partition coefficient (Wildman–Crippen LogP) is 3.19. The second-order valence-corrected chi connectivity index (χ2v) is 3.95. The van der Waals surface area contributed by atoms with Gasteiger partial charge in [-0.05, 0) is 36.4 Å². The van der Waals surface area contributed by atoms with Crippen LogP contribution in [0.3, 0.4) is 0 Å². The van der Waals surface area contributed by atoms with Gasteiger partial charge in [-0.15, -0.1) is 11.8 Å². The molecule has 0 aliphatic carbocycles. The number of rotatable bonds is 4. The molecule has 0 N–H and O–H groups in total. The number of aryl methyl sites for hydroxylation is 1. The van der Waals surface area contributed by atoms with Crippen LogP contribution in [-0.2, 0) is 11.2 Å². The molecule has 3 heteroatoms. The van der Waals surface area contributed by atoms with Crippen molar-refractivity contribution in [2.75, 3.05) is 6.26 Å². The lowest BCUT2D eigenvalue weighted by molar-refractivity contribution is -0.107. The molecule has 0 aliphatic rings. The van der Waals surface area contributed by atoms with Gasteiger partial charge in [0.05, 0.1) is 0 Å². The van der Waals surface area contributed by atoms with Gasteiger partial charge in [0.25, 0.3) is 0 Å². The van der Waals surface area contributed by atoms with Gasteiger partial charge in [0.15, 0.2) is 0 Å². The fourth-order valence-corrected chi connectivity index (χ4v) is 1.76. The minimum atomic E-state index is 0.539. The smallest absolute Gasteiger partial charge is 0.120 e. The Bertz CT molecular complexity index is 299. The van der Waals surface area contributed by atoms with E-state index in [1.165, 1.54) is 4.90 Å². The third-order valence-corrected chi connectivity index (χ3v) is 2.88. The number of carbonyl (C=O) groups is 1. The highest BCUT2D eigenvalue weighted by molar-refractivity contribution is 7.98. The van der Waals surface area contributed by atoms with Crippen LogP contribution < -0.4 is 0 Å². The monoisotopic (exact) mass is 214 g/mol. The van der Waals surface area contributed by atoms with Crippen LogP contribution in [0.5, 0.6) is 0 Å². The first kappa shape index (κ1) is 10.6. The molecule has 0 bridgehead atoms. The Balaban J connectivity index is 2.83. The van der Waals surface area contributed by atoms with Gasteiger partial charge >= 0.3 is 0 Å². The number of thioether (sulfide) groups is 1. The Hall–Kier alpha value is -0.470. The lowest BCUT2D eigenvalue weighted by Gasteiger charge is -2.03. The second-order valence-electron chi connectivity index (χ2n) is 2.66. The number of benzene rings is 1. The van der Waals surface area contributed by atoms with Crippen LogP contribution >= 0.6 is 23.4 Å². The van der Waals surface area contributed by atoms with Crippen molar-refractivity contribution < 1.29 is 4.79 Å². The summed E-state index contributed by atoms with van der Waals surface area (Å²) in [6, 6.07) is 5.90. The van der Waals surface area contributed by atoms with Crippen molar-refractivity contribution in [1.29, 1.82) is 0 Å². The first-order chi connectivity index (χ1) is 6.27. The van der Waals surface area contributed by atoms with E-state index in [0.29, 0.717) is 6.42 Å². The van der Waals surface area contributed by atoms with Gasteiger partial charge in [-0.1, -0.05) is 11.6 Å². The van der Waals surface area contributed by atoms with Crippen LogP contribution in [0.1, 0.15) is 12.0 Å². The molecule has 70 valence electrons. The van der Waals surface area contributed by atoms with Crippen molar-refractivity contribution >= 4 is 29.6 Å². The van der Waals surface area contributed by atoms with E-state index in [9.17, 15) is 4.79 Å². The fraction of sp³-hybridized carbons (Fsp3) is 0.300. The standard InChI is InChI=1S/C10H11ClOS/c1-13-9-4-5-10(11)8(7-9)3-2-6-12/h4-7H,2-3H2,1H3. The lowest BCUT2D eigenvalue weighted by atomic mass is 10.1. The Labute approximate surface area is 87.5 Å². The van der Waals surface area contributed by atoms with Crippen molar-refractivity contribution in [3.05, 3.63) is 28.8 Å². The van der Waals surface area contributed by atoms with Gasteiger partial charge in [-0.25, -0.2) is 0 Å². The number of carbonyl (C=O) groups excluding carboxylic acids is 1. The average Bonchev–Trinajstić information content (AvgIpc) is 2.17. The molecular formula is C10H11ClOS. The van der Waals surface area contributed by atoms with Gasteiger partial charge in [0.1, 0.15) is 6.29 Å². The molecule has 0 unspecified atom stereocenters. The summed E-state index contributed by atoms with van der Waals surface area (Å²) in [7, 11) is 0. The van der Waals surface area contributed by atoms with Crippen molar-refractivity contribution in [3.63, 3.8) is 0 Å². The zero-order chi connectivity index (χ0) is 9.68. The summed E-state index contributed by atoms with van der Waals surface area (Å²) in [6.07, 6.45) is 4.21. The summed E-state index contributed by atoms with van der Waals surface area (Å²) in [6.45, 7) is 0. The normalized spacial score (nSPS) is 10.0. The first-order valence-electron chi connectivity index (χ1n) is 4.04. The maximum atomic E-state index is 10.2. The molecule has 0 saturated heterocycles. The Kier molecular flexibility index (Phi) is 4.33. The highest BCUT2D eigenvalue weighted by atomic mass is 35.5. The fourth-order valence-electron chi connectivity index (χ4n) is 1.08. The molecule has 0 radical (unpaired) electrons. The molecule has 0 aliphatic heterocycles. The maximum absolute atomic E-state index is 10.2. The Morgan fingerprint density at radius 1 is 1.54 bits per heavy atom. The molecule has 13 heavy (non-hydrogen) atoms. The minimum absolute atomic E-state index is 0.539. The summed E-state index contributed by atoms with van der Waals surface area (Å²) in [5.41, 5.74) is 1.06. The van der Waals surface area contributed by atoms with Crippen molar-refractivity contribution in [1.82, 2.24) is 0 Å².